The molecule has 3 aromatic carbocycles. The molecule has 0 saturated carbocycles. The summed E-state index contributed by atoms with van der Waals surface area (Å²) in [5, 5.41) is 23.6. The van der Waals surface area contributed by atoms with Crippen LogP contribution in [0.1, 0.15) is 45.3 Å². The first-order valence-electron chi connectivity index (χ1n) is 15.6. The maximum absolute atomic E-state index is 13.8. The zero-order valence-electron chi connectivity index (χ0n) is 26.7. The van der Waals surface area contributed by atoms with Gasteiger partial charge in [0.1, 0.15) is 5.75 Å². The number of nitrogens with zero attached hydrogens (tertiary/aromatic N) is 1. The van der Waals surface area contributed by atoms with Crippen LogP contribution in [0.3, 0.4) is 0 Å². The summed E-state index contributed by atoms with van der Waals surface area (Å²) < 4.78 is 18.2. The van der Waals surface area contributed by atoms with Crippen molar-refractivity contribution in [1.82, 2.24) is 4.90 Å². The molecule has 47 heavy (non-hydrogen) atoms. The number of amides is 3. The number of hydrogen-bond donors (Lipinski definition) is 2. The molecule has 3 aliphatic rings. The summed E-state index contributed by atoms with van der Waals surface area (Å²) in [5.74, 6) is -3.74. The van der Waals surface area contributed by atoms with Crippen molar-refractivity contribution in [2.24, 2.45) is 17.8 Å². The highest BCUT2D eigenvalue weighted by Crippen LogP contribution is 2.52. The first-order chi connectivity index (χ1) is 22.4. The second kappa shape index (κ2) is 12.7. The van der Waals surface area contributed by atoms with Gasteiger partial charge < -0.3 is 23.9 Å². The number of carbonyl (C=O) groups excluding carboxylic acids is 3. The van der Waals surface area contributed by atoms with E-state index < -0.39 is 57.2 Å². The van der Waals surface area contributed by atoms with E-state index in [1.165, 1.54) is 12.1 Å². The highest BCUT2D eigenvalue weighted by atomic mass is 35.5. The highest BCUT2D eigenvalue weighted by Gasteiger charge is 2.60. The maximum atomic E-state index is 13.8. The van der Waals surface area contributed by atoms with Gasteiger partial charge in [-0.2, -0.15) is 4.90 Å². The van der Waals surface area contributed by atoms with Crippen LogP contribution in [0.15, 0.2) is 89.9 Å². The van der Waals surface area contributed by atoms with E-state index in [0.717, 1.165) is 17.5 Å². The fourth-order valence-corrected chi connectivity index (χ4v) is 12.6. The molecule has 1 aliphatic carbocycles. The van der Waals surface area contributed by atoms with Gasteiger partial charge in [-0.25, -0.2) is 4.79 Å². The van der Waals surface area contributed by atoms with Gasteiger partial charge in [0.15, 0.2) is 0 Å². The number of fused-ring (bicyclic) bond motifs is 3. The van der Waals surface area contributed by atoms with Gasteiger partial charge >= 0.3 is 13.2 Å². The number of phenols is 1. The van der Waals surface area contributed by atoms with Gasteiger partial charge in [0, 0.05) is 5.02 Å². The average molecular weight is 674 g/mol. The summed E-state index contributed by atoms with van der Waals surface area (Å²) in [6.07, 6.45) is -1.47. The van der Waals surface area contributed by atoms with Crippen molar-refractivity contribution >= 4 is 55.3 Å². The molecule has 6 rings (SSSR count). The lowest BCUT2D eigenvalue weighted by atomic mass is 9.55. The van der Waals surface area contributed by atoms with Crippen LogP contribution >= 0.6 is 11.6 Å². The minimum Gasteiger partial charge on any atom is -0.508 e. The van der Waals surface area contributed by atoms with Gasteiger partial charge in [0.2, 0.25) is 11.8 Å². The van der Waals surface area contributed by atoms with Crippen LogP contribution in [-0.4, -0.2) is 62.1 Å². The number of hydrogen-bond acceptors (Lipinski definition) is 8. The molecule has 0 radical (unpaired) electrons. The van der Waals surface area contributed by atoms with Crippen molar-refractivity contribution in [3.63, 3.8) is 0 Å². The summed E-state index contributed by atoms with van der Waals surface area (Å²) in [5.41, 5.74) is 1.68. The Hall–Kier alpha value is -3.74. The molecule has 2 saturated heterocycles. The van der Waals surface area contributed by atoms with Crippen molar-refractivity contribution in [3.05, 3.63) is 100 Å². The number of rotatable bonds is 6. The molecule has 0 spiro atoms. The standard InChI is InChI=1S/C35H37BClNO8Si/c1-35(2,3)47(23-11-7-5-8-12-23,24-13-9-6-10-14-24)45-20-21-17-27-30(33(41)38(32(27)40)34(42)44-4)26-19-29(46-36(43)31(21)26)25-16-15-22(39)18-28(25)37/h5-16,18,26-27,29-30,39,43H,17,19-20H2,1-4H3/t26-,27-,29-,30+/m0/s1. The van der Waals surface area contributed by atoms with Crippen LogP contribution in [0.4, 0.5) is 4.79 Å². The summed E-state index contributed by atoms with van der Waals surface area (Å²) in [6.45, 7) is 6.56. The Bertz CT molecular complexity index is 1690. The van der Waals surface area contributed by atoms with Gasteiger partial charge in [-0.3, -0.25) is 9.59 Å². The fourth-order valence-electron chi connectivity index (χ4n) is 7.75. The number of benzene rings is 3. The fraction of sp³-hybridized carbons (Fsp3) is 0.343. The van der Waals surface area contributed by atoms with Gasteiger partial charge in [-0.05, 0) is 62.9 Å². The van der Waals surface area contributed by atoms with Crippen LogP contribution in [0.5, 0.6) is 5.75 Å². The third kappa shape index (κ3) is 5.63. The van der Waals surface area contributed by atoms with E-state index in [-0.39, 0.29) is 35.3 Å². The number of carbonyl (C=O) groups is 3. The summed E-state index contributed by atoms with van der Waals surface area (Å²) in [4.78, 5) is 40.7. The monoisotopic (exact) mass is 673 g/mol. The van der Waals surface area contributed by atoms with E-state index in [1.807, 2.05) is 36.4 Å². The Morgan fingerprint density at radius 1 is 1.00 bits per heavy atom. The highest BCUT2D eigenvalue weighted by molar-refractivity contribution is 6.99. The third-order valence-corrected chi connectivity index (χ3v) is 15.1. The number of methoxy groups -OCH3 is 1. The number of ether oxygens (including phenoxy) is 1. The zero-order valence-corrected chi connectivity index (χ0v) is 28.4. The second-order valence-electron chi connectivity index (χ2n) is 13.4. The summed E-state index contributed by atoms with van der Waals surface area (Å²) >= 11 is 6.48. The number of phenolic OH excluding ortho intramolecular Hbond substituents is 1. The van der Waals surface area contributed by atoms with Gasteiger partial charge in [0.05, 0.1) is 31.7 Å². The molecule has 0 bridgehead atoms. The molecule has 0 aromatic heterocycles. The van der Waals surface area contributed by atoms with E-state index >= 15 is 0 Å². The predicted octanol–water partition coefficient (Wildman–Crippen LogP) is 4.79. The lowest BCUT2D eigenvalue weighted by molar-refractivity contribution is -0.137. The van der Waals surface area contributed by atoms with E-state index in [0.29, 0.717) is 21.5 Å². The molecular weight excluding hydrogens is 637 g/mol. The van der Waals surface area contributed by atoms with Crippen LogP contribution < -0.4 is 10.4 Å². The van der Waals surface area contributed by atoms with Crippen molar-refractivity contribution in [2.45, 2.75) is 44.8 Å². The number of likely N-dealkylation sites (tertiary alicyclic amines) is 1. The number of aromatic hydroxyl groups is 1. The second-order valence-corrected chi connectivity index (χ2v) is 18.1. The average Bonchev–Trinajstić information content (AvgIpc) is 3.30. The minimum absolute atomic E-state index is 0.0264. The summed E-state index contributed by atoms with van der Waals surface area (Å²) in [6, 6.07) is 24.7. The molecule has 3 amide bonds. The lowest BCUT2D eigenvalue weighted by Gasteiger charge is -2.45. The van der Waals surface area contributed by atoms with Crippen molar-refractivity contribution in [1.29, 1.82) is 0 Å². The largest absolute Gasteiger partial charge is 0.508 e. The number of halogens is 1. The number of imide groups is 3. The molecule has 12 heteroatoms. The quantitative estimate of drug-likeness (QED) is 0.283. The molecule has 2 aliphatic heterocycles. The molecular formula is C35H37BClNO8Si. The van der Waals surface area contributed by atoms with E-state index in [4.69, 9.17) is 25.4 Å². The predicted molar refractivity (Wildman–Crippen MR) is 179 cm³/mol. The first kappa shape index (κ1) is 33.2. The Morgan fingerprint density at radius 3 is 2.17 bits per heavy atom. The normalized spacial score (nSPS) is 23.1. The Morgan fingerprint density at radius 2 is 1.62 bits per heavy atom. The van der Waals surface area contributed by atoms with Crippen LogP contribution in [0.2, 0.25) is 10.1 Å². The van der Waals surface area contributed by atoms with Crippen molar-refractivity contribution < 1.29 is 38.3 Å². The van der Waals surface area contributed by atoms with Crippen molar-refractivity contribution in [2.75, 3.05) is 13.7 Å². The molecule has 0 unspecified atom stereocenters. The molecule has 2 heterocycles. The third-order valence-electron chi connectivity index (χ3n) is 9.78. The van der Waals surface area contributed by atoms with Crippen molar-refractivity contribution in [3.8, 4) is 5.75 Å². The van der Waals surface area contributed by atoms with Crippen LogP contribution in [0, 0.1) is 17.8 Å². The lowest BCUT2D eigenvalue weighted by Crippen LogP contribution is -2.66. The molecule has 2 fully saturated rings. The van der Waals surface area contributed by atoms with Gasteiger partial charge in [-0.1, -0.05) is 99.1 Å². The maximum Gasteiger partial charge on any atom is 0.487 e. The Balaban J connectivity index is 1.46. The van der Waals surface area contributed by atoms with Gasteiger partial charge in [-0.15, -0.1) is 0 Å². The topological polar surface area (TPSA) is 123 Å². The van der Waals surface area contributed by atoms with Gasteiger partial charge in [0.25, 0.3) is 8.32 Å². The first-order valence-corrected chi connectivity index (χ1v) is 17.9. The molecule has 9 nitrogen and oxygen atoms in total. The molecule has 4 atom stereocenters. The van der Waals surface area contributed by atoms with E-state index in [1.54, 1.807) is 6.07 Å². The zero-order chi connectivity index (χ0) is 33.7. The van der Waals surface area contributed by atoms with Crippen LogP contribution in [-0.2, 0) is 23.4 Å². The number of allylic oxidation sites excluding steroid dienone is 1. The van der Waals surface area contributed by atoms with E-state index in [2.05, 4.69) is 45.0 Å². The van der Waals surface area contributed by atoms with E-state index in [9.17, 15) is 24.5 Å². The van der Waals surface area contributed by atoms with Crippen LogP contribution in [0.25, 0.3) is 0 Å². The smallest absolute Gasteiger partial charge is 0.487 e. The molecule has 244 valence electrons. The Kier molecular flexibility index (Phi) is 8.97. The summed E-state index contributed by atoms with van der Waals surface area (Å²) in [7, 11) is -3.34. The minimum atomic E-state index is -3.03. The molecule has 3 aromatic rings. The molecule has 2 N–H and O–H groups in total. The Labute approximate surface area is 280 Å². The SMILES string of the molecule is COC(=O)N1C(=O)[C@H]2[C@H](CC(CO[Si](c3ccccc3)(c3ccccc3)C(C)(C)C)=C3B(O)O[C@H](c4ccc(O)cc4Cl)C[C@H]32)C1=O.